The van der Waals surface area contributed by atoms with Crippen LogP contribution in [-0.2, 0) is 10.8 Å². The summed E-state index contributed by atoms with van der Waals surface area (Å²) in [6.45, 7) is 2.19. The predicted octanol–water partition coefficient (Wildman–Crippen LogP) is 2.48. The molecule has 0 spiro atoms. The highest BCUT2D eigenvalue weighted by Crippen LogP contribution is 2.21. The minimum Gasteiger partial charge on any atom is -0.351 e. The van der Waals surface area contributed by atoms with E-state index in [1.807, 2.05) is 6.92 Å². The standard InChI is InChI=1S/C15H16FNO2S/c1-2-20(19)10-9-17-15(18)13-7-8-14(16)12-6-4-3-5-11(12)13/h3-8H,2,9-10H2,1H3,(H,17,18). The third-order valence-corrected chi connectivity index (χ3v) is 4.36. The first kappa shape index (κ1) is 14.7. The van der Waals surface area contributed by atoms with Gasteiger partial charge in [-0.05, 0) is 17.5 Å². The third-order valence-electron chi connectivity index (χ3n) is 3.05. The first-order valence-corrected chi connectivity index (χ1v) is 7.92. The summed E-state index contributed by atoms with van der Waals surface area (Å²) >= 11 is 0. The lowest BCUT2D eigenvalue weighted by molar-refractivity contribution is 0.0958. The van der Waals surface area contributed by atoms with Gasteiger partial charge in [-0.3, -0.25) is 9.00 Å². The lowest BCUT2D eigenvalue weighted by atomic mass is 10.0. The van der Waals surface area contributed by atoms with Gasteiger partial charge in [-0.2, -0.15) is 0 Å². The van der Waals surface area contributed by atoms with Crippen molar-refractivity contribution >= 4 is 27.5 Å². The smallest absolute Gasteiger partial charge is 0.251 e. The van der Waals surface area contributed by atoms with Gasteiger partial charge in [-0.25, -0.2) is 4.39 Å². The Labute approximate surface area is 119 Å². The number of benzene rings is 2. The van der Waals surface area contributed by atoms with Crippen LogP contribution in [0.15, 0.2) is 36.4 Å². The number of amides is 1. The van der Waals surface area contributed by atoms with Crippen LogP contribution in [0.3, 0.4) is 0 Å². The summed E-state index contributed by atoms with van der Waals surface area (Å²) in [5.74, 6) is 0.398. The lowest BCUT2D eigenvalue weighted by Crippen LogP contribution is -2.28. The Hall–Kier alpha value is -1.75. The molecular formula is C15H16FNO2S. The second-order valence-corrected chi connectivity index (χ2v) is 6.19. The Morgan fingerprint density at radius 1 is 1.20 bits per heavy atom. The fraction of sp³-hybridized carbons (Fsp3) is 0.267. The van der Waals surface area contributed by atoms with Crippen molar-refractivity contribution in [2.24, 2.45) is 0 Å². The highest BCUT2D eigenvalue weighted by molar-refractivity contribution is 7.84. The van der Waals surface area contributed by atoms with Gasteiger partial charge in [-0.15, -0.1) is 0 Å². The number of carbonyl (C=O) groups excluding carboxylic acids is 1. The van der Waals surface area contributed by atoms with Crippen molar-refractivity contribution in [1.82, 2.24) is 5.32 Å². The van der Waals surface area contributed by atoms with Gasteiger partial charge in [0.25, 0.3) is 5.91 Å². The maximum atomic E-state index is 13.7. The van der Waals surface area contributed by atoms with Crippen molar-refractivity contribution in [3.05, 3.63) is 47.8 Å². The van der Waals surface area contributed by atoms with E-state index in [9.17, 15) is 13.4 Å². The minimum absolute atomic E-state index is 0.269. The fourth-order valence-corrected chi connectivity index (χ4v) is 2.60. The van der Waals surface area contributed by atoms with E-state index in [4.69, 9.17) is 0 Å². The molecule has 2 aromatic carbocycles. The molecular weight excluding hydrogens is 277 g/mol. The van der Waals surface area contributed by atoms with E-state index in [0.29, 0.717) is 34.4 Å². The van der Waals surface area contributed by atoms with Crippen molar-refractivity contribution in [2.75, 3.05) is 18.1 Å². The van der Waals surface area contributed by atoms with Gasteiger partial charge in [0.15, 0.2) is 0 Å². The molecule has 2 rings (SSSR count). The molecule has 5 heteroatoms. The number of hydrogen-bond donors (Lipinski definition) is 1. The first-order chi connectivity index (χ1) is 9.63. The molecule has 0 fully saturated rings. The Balaban J connectivity index is 2.18. The number of hydrogen-bond acceptors (Lipinski definition) is 2. The van der Waals surface area contributed by atoms with E-state index in [-0.39, 0.29) is 11.7 Å². The largest absolute Gasteiger partial charge is 0.351 e. The molecule has 0 radical (unpaired) electrons. The molecule has 0 saturated heterocycles. The van der Waals surface area contributed by atoms with E-state index in [2.05, 4.69) is 5.32 Å². The molecule has 0 aliphatic carbocycles. The van der Waals surface area contributed by atoms with E-state index < -0.39 is 10.8 Å². The number of fused-ring (bicyclic) bond motifs is 1. The minimum atomic E-state index is -0.905. The van der Waals surface area contributed by atoms with Crippen LogP contribution in [0.1, 0.15) is 17.3 Å². The molecule has 106 valence electrons. The summed E-state index contributed by atoms with van der Waals surface area (Å²) in [5, 5.41) is 3.73. The van der Waals surface area contributed by atoms with Crippen LogP contribution < -0.4 is 5.32 Å². The molecule has 0 heterocycles. The van der Waals surface area contributed by atoms with Crippen LogP contribution >= 0.6 is 0 Å². The van der Waals surface area contributed by atoms with Gasteiger partial charge < -0.3 is 5.32 Å². The highest BCUT2D eigenvalue weighted by atomic mass is 32.2. The summed E-state index contributed by atoms with van der Waals surface area (Å²) in [4.78, 5) is 12.1. The average Bonchev–Trinajstić information content (AvgIpc) is 2.47. The fourth-order valence-electron chi connectivity index (χ4n) is 1.98. The molecule has 1 amide bonds. The van der Waals surface area contributed by atoms with Gasteiger partial charge in [0.1, 0.15) is 5.82 Å². The molecule has 0 aliphatic rings. The third kappa shape index (κ3) is 3.22. The molecule has 0 saturated carbocycles. The maximum absolute atomic E-state index is 13.7. The summed E-state index contributed by atoms with van der Waals surface area (Å²) in [5.41, 5.74) is 0.435. The number of nitrogens with one attached hydrogen (secondary N) is 1. The monoisotopic (exact) mass is 293 g/mol. The van der Waals surface area contributed by atoms with E-state index in [1.54, 1.807) is 24.3 Å². The van der Waals surface area contributed by atoms with Crippen LogP contribution in [0, 0.1) is 5.82 Å². The van der Waals surface area contributed by atoms with Gasteiger partial charge in [0.2, 0.25) is 0 Å². The summed E-state index contributed by atoms with van der Waals surface area (Å²) < 4.78 is 25.0. The zero-order valence-electron chi connectivity index (χ0n) is 11.2. The van der Waals surface area contributed by atoms with Crippen molar-refractivity contribution in [3.8, 4) is 0 Å². The van der Waals surface area contributed by atoms with E-state index in [0.717, 1.165) is 0 Å². The first-order valence-electron chi connectivity index (χ1n) is 6.44. The van der Waals surface area contributed by atoms with Crippen LogP contribution in [-0.4, -0.2) is 28.2 Å². The van der Waals surface area contributed by atoms with Gasteiger partial charge in [0, 0.05) is 39.8 Å². The number of rotatable bonds is 5. The second kappa shape index (κ2) is 6.61. The molecule has 1 atom stereocenters. The van der Waals surface area contributed by atoms with Crippen LogP contribution in [0.4, 0.5) is 4.39 Å². The number of halogens is 1. The molecule has 0 bridgehead atoms. The Morgan fingerprint density at radius 3 is 2.60 bits per heavy atom. The van der Waals surface area contributed by atoms with Crippen LogP contribution in [0.25, 0.3) is 10.8 Å². The SMILES string of the molecule is CCS(=O)CCNC(=O)c1ccc(F)c2ccccc12. The van der Waals surface area contributed by atoms with Crippen molar-refractivity contribution in [2.45, 2.75) is 6.92 Å². The summed E-state index contributed by atoms with van der Waals surface area (Å²) in [6.07, 6.45) is 0. The topological polar surface area (TPSA) is 46.2 Å². The van der Waals surface area contributed by atoms with Crippen molar-refractivity contribution in [1.29, 1.82) is 0 Å². The van der Waals surface area contributed by atoms with E-state index in [1.165, 1.54) is 12.1 Å². The summed E-state index contributed by atoms with van der Waals surface area (Å²) in [6, 6.07) is 9.64. The Kier molecular flexibility index (Phi) is 4.84. The molecule has 0 aromatic heterocycles. The van der Waals surface area contributed by atoms with Crippen molar-refractivity contribution in [3.63, 3.8) is 0 Å². The van der Waals surface area contributed by atoms with Gasteiger partial charge in [0.05, 0.1) is 0 Å². The molecule has 3 nitrogen and oxygen atoms in total. The van der Waals surface area contributed by atoms with E-state index >= 15 is 0 Å². The Bertz CT molecular complexity index is 657. The van der Waals surface area contributed by atoms with Crippen LogP contribution in [0.5, 0.6) is 0 Å². The number of carbonyl (C=O) groups is 1. The van der Waals surface area contributed by atoms with Crippen molar-refractivity contribution < 1.29 is 13.4 Å². The molecule has 0 aliphatic heterocycles. The molecule has 2 aromatic rings. The predicted molar refractivity (Wildman–Crippen MR) is 79.8 cm³/mol. The quantitative estimate of drug-likeness (QED) is 0.920. The summed E-state index contributed by atoms with van der Waals surface area (Å²) in [7, 11) is -0.905. The van der Waals surface area contributed by atoms with Gasteiger partial charge in [-0.1, -0.05) is 31.2 Å². The zero-order valence-corrected chi connectivity index (χ0v) is 12.0. The van der Waals surface area contributed by atoms with Crippen LogP contribution in [0.2, 0.25) is 0 Å². The molecule has 1 unspecified atom stereocenters. The average molecular weight is 293 g/mol. The normalized spacial score (nSPS) is 12.3. The maximum Gasteiger partial charge on any atom is 0.251 e. The lowest BCUT2D eigenvalue weighted by Gasteiger charge is -2.08. The zero-order chi connectivity index (χ0) is 14.5. The molecule has 20 heavy (non-hydrogen) atoms. The highest BCUT2D eigenvalue weighted by Gasteiger charge is 2.12. The Morgan fingerprint density at radius 2 is 1.90 bits per heavy atom. The second-order valence-electron chi connectivity index (χ2n) is 4.33. The van der Waals surface area contributed by atoms with Gasteiger partial charge >= 0.3 is 0 Å². The molecule has 1 N–H and O–H groups in total.